The van der Waals surface area contributed by atoms with Crippen molar-refractivity contribution >= 4 is 46.1 Å². The maximum atomic E-state index is 14.9. The predicted molar refractivity (Wildman–Crippen MR) is 164 cm³/mol. The topological polar surface area (TPSA) is 34.1 Å². The van der Waals surface area contributed by atoms with E-state index in [0.29, 0.717) is 10.6 Å². The molecule has 0 heterocycles. The fourth-order valence-corrected chi connectivity index (χ4v) is 9.93. The maximum absolute atomic E-state index is 14.9. The fraction of sp³-hybridized carbons (Fsp3) is 0. The molecule has 0 amide bonds. The SMILES string of the molecule is C=C(c1cccc(C(=C)P(=O)(c2ccccc2)c2ccccc2)c1)P(=O)(c1ccccc1)c1ccccc1. The van der Waals surface area contributed by atoms with E-state index in [4.69, 9.17) is 0 Å². The van der Waals surface area contributed by atoms with E-state index < -0.39 is 14.3 Å². The highest BCUT2D eigenvalue weighted by atomic mass is 31.2. The summed E-state index contributed by atoms with van der Waals surface area (Å²) in [4.78, 5) is 0. The van der Waals surface area contributed by atoms with Crippen LogP contribution < -0.4 is 21.2 Å². The van der Waals surface area contributed by atoms with Crippen LogP contribution in [0.2, 0.25) is 0 Å². The molecule has 0 unspecified atom stereocenters. The number of hydrogen-bond acceptors (Lipinski definition) is 2. The molecule has 38 heavy (non-hydrogen) atoms. The van der Waals surface area contributed by atoms with Crippen LogP contribution in [0.1, 0.15) is 11.1 Å². The van der Waals surface area contributed by atoms with Crippen LogP contribution >= 0.6 is 14.3 Å². The van der Waals surface area contributed by atoms with Crippen molar-refractivity contribution < 1.29 is 9.13 Å². The first-order chi connectivity index (χ1) is 18.5. The fourth-order valence-electron chi connectivity index (χ4n) is 4.71. The summed E-state index contributed by atoms with van der Waals surface area (Å²) in [7, 11) is -6.47. The molecule has 4 heteroatoms. The van der Waals surface area contributed by atoms with Crippen LogP contribution in [-0.2, 0) is 9.13 Å². The van der Waals surface area contributed by atoms with Crippen LogP contribution in [0.4, 0.5) is 0 Å². The molecule has 0 bridgehead atoms. The van der Waals surface area contributed by atoms with Gasteiger partial charge in [0.2, 0.25) is 0 Å². The van der Waals surface area contributed by atoms with Crippen LogP contribution in [0.15, 0.2) is 159 Å². The quantitative estimate of drug-likeness (QED) is 0.193. The number of hydrogen-bond donors (Lipinski definition) is 0. The van der Waals surface area contributed by atoms with E-state index in [1.165, 1.54) is 0 Å². The molecule has 0 N–H and O–H groups in total. The molecule has 0 aliphatic heterocycles. The summed E-state index contributed by atoms with van der Waals surface area (Å²) in [6.45, 7) is 8.73. The Kier molecular flexibility index (Phi) is 7.30. The van der Waals surface area contributed by atoms with E-state index in [0.717, 1.165) is 32.3 Å². The van der Waals surface area contributed by atoms with Crippen molar-refractivity contribution in [2.45, 2.75) is 0 Å². The molecule has 0 atom stereocenters. The Morgan fingerprint density at radius 1 is 0.395 bits per heavy atom. The molecule has 0 aliphatic carbocycles. The van der Waals surface area contributed by atoms with Gasteiger partial charge in [-0.1, -0.05) is 153 Å². The van der Waals surface area contributed by atoms with Crippen molar-refractivity contribution in [1.82, 2.24) is 0 Å². The first-order valence-electron chi connectivity index (χ1n) is 12.4. The Morgan fingerprint density at radius 2 is 0.658 bits per heavy atom. The van der Waals surface area contributed by atoms with Gasteiger partial charge in [-0.3, -0.25) is 0 Å². The summed E-state index contributed by atoms with van der Waals surface area (Å²) in [5.74, 6) is 0. The third-order valence-electron chi connectivity index (χ3n) is 6.77. The molecule has 2 nitrogen and oxygen atoms in total. The van der Waals surface area contributed by atoms with Gasteiger partial charge in [0.1, 0.15) is 0 Å². The van der Waals surface area contributed by atoms with Crippen molar-refractivity contribution in [3.8, 4) is 0 Å². The second-order valence-electron chi connectivity index (χ2n) is 9.03. The van der Waals surface area contributed by atoms with Crippen molar-refractivity contribution in [2.75, 3.05) is 0 Å². The van der Waals surface area contributed by atoms with Gasteiger partial charge in [-0.25, -0.2) is 0 Å². The third kappa shape index (κ3) is 4.59. The van der Waals surface area contributed by atoms with Gasteiger partial charge in [-0.15, -0.1) is 0 Å². The highest BCUT2D eigenvalue weighted by molar-refractivity contribution is 7.88. The molecule has 0 spiro atoms. The van der Waals surface area contributed by atoms with Gasteiger partial charge in [-0.2, -0.15) is 0 Å². The molecule has 0 aromatic heterocycles. The Bertz CT molecular complexity index is 1470. The number of rotatable bonds is 8. The standard InChI is InChI=1S/C34H28O2P2/c1-27(37(35,31-18-7-3-8-19-31)32-20-9-4-10-21-32)29-16-15-17-30(26-29)28(2)38(36,33-22-11-5-12-23-33)34-24-13-6-14-25-34/h3-26H,1-2H2. The van der Waals surface area contributed by atoms with Crippen LogP contribution in [0, 0.1) is 0 Å². The van der Waals surface area contributed by atoms with Gasteiger partial charge < -0.3 is 9.13 Å². The summed E-state index contributed by atoms with van der Waals surface area (Å²) in [6, 6.07) is 45.6. The molecule has 5 rings (SSSR count). The first kappa shape index (κ1) is 25.7. The monoisotopic (exact) mass is 530 g/mol. The Hall–Kier alpha value is -3.96. The van der Waals surface area contributed by atoms with E-state index >= 15 is 0 Å². The largest absolute Gasteiger partial charge is 0.309 e. The molecule has 5 aromatic rings. The molecule has 0 saturated heterocycles. The molecule has 0 saturated carbocycles. The summed E-state index contributed by atoms with van der Waals surface area (Å²) in [5.41, 5.74) is 1.46. The molecule has 186 valence electrons. The Balaban J connectivity index is 1.63. The molecule has 0 aliphatic rings. The highest BCUT2D eigenvalue weighted by Crippen LogP contribution is 2.58. The summed E-state index contributed by atoms with van der Waals surface area (Å²) in [6.07, 6.45) is 0. The van der Waals surface area contributed by atoms with E-state index in [-0.39, 0.29) is 0 Å². The van der Waals surface area contributed by atoms with Gasteiger partial charge in [0, 0.05) is 31.8 Å². The minimum absolute atomic E-state index is 0.527. The van der Waals surface area contributed by atoms with Gasteiger partial charge in [0.25, 0.3) is 0 Å². The highest BCUT2D eigenvalue weighted by Gasteiger charge is 2.34. The zero-order valence-corrected chi connectivity index (χ0v) is 22.8. The lowest BCUT2D eigenvalue weighted by Crippen LogP contribution is -2.17. The Morgan fingerprint density at radius 3 is 0.921 bits per heavy atom. The van der Waals surface area contributed by atoms with Gasteiger partial charge in [-0.05, 0) is 17.2 Å². The number of benzene rings is 5. The lowest BCUT2D eigenvalue weighted by molar-refractivity contribution is 0.592. The average Bonchev–Trinajstić information content (AvgIpc) is 3.01. The van der Waals surface area contributed by atoms with Crippen molar-refractivity contribution in [3.63, 3.8) is 0 Å². The average molecular weight is 531 g/mol. The lowest BCUT2D eigenvalue weighted by Gasteiger charge is -2.24. The van der Waals surface area contributed by atoms with Crippen LogP contribution in [-0.4, -0.2) is 0 Å². The van der Waals surface area contributed by atoms with Gasteiger partial charge >= 0.3 is 0 Å². The van der Waals surface area contributed by atoms with Crippen molar-refractivity contribution in [1.29, 1.82) is 0 Å². The van der Waals surface area contributed by atoms with E-state index in [9.17, 15) is 9.13 Å². The summed E-state index contributed by atoms with van der Waals surface area (Å²) < 4.78 is 29.7. The maximum Gasteiger partial charge on any atom is 0.171 e. The normalized spacial score (nSPS) is 11.6. The van der Waals surface area contributed by atoms with E-state index in [1.54, 1.807) is 0 Å². The van der Waals surface area contributed by atoms with Crippen LogP contribution in [0.25, 0.3) is 10.6 Å². The second-order valence-corrected chi connectivity index (χ2v) is 14.6. The van der Waals surface area contributed by atoms with Crippen LogP contribution in [0.5, 0.6) is 0 Å². The van der Waals surface area contributed by atoms with Gasteiger partial charge in [0.05, 0.1) is 0 Å². The zero-order valence-electron chi connectivity index (χ0n) is 21.0. The van der Waals surface area contributed by atoms with E-state index in [2.05, 4.69) is 13.2 Å². The van der Waals surface area contributed by atoms with Crippen LogP contribution in [0.3, 0.4) is 0 Å². The molecular weight excluding hydrogens is 502 g/mol. The second kappa shape index (κ2) is 10.8. The van der Waals surface area contributed by atoms with Gasteiger partial charge in [0.15, 0.2) is 14.3 Å². The van der Waals surface area contributed by atoms with E-state index in [1.807, 2.05) is 146 Å². The smallest absolute Gasteiger partial charge is 0.171 e. The van der Waals surface area contributed by atoms with Crippen molar-refractivity contribution in [3.05, 3.63) is 170 Å². The predicted octanol–water partition coefficient (Wildman–Crippen LogP) is 7.66. The Labute approximate surface area is 224 Å². The first-order valence-corrected chi connectivity index (χ1v) is 15.8. The summed E-state index contributed by atoms with van der Waals surface area (Å²) in [5, 5.41) is 3.94. The third-order valence-corrected chi connectivity index (χ3v) is 12.9. The molecule has 5 aromatic carbocycles. The zero-order chi connectivity index (χ0) is 26.6. The van der Waals surface area contributed by atoms with Crippen molar-refractivity contribution in [2.24, 2.45) is 0 Å². The minimum Gasteiger partial charge on any atom is -0.309 e. The summed E-state index contributed by atoms with van der Waals surface area (Å²) >= 11 is 0. The molecule has 0 radical (unpaired) electrons. The lowest BCUT2D eigenvalue weighted by atomic mass is 10.1. The molecule has 0 fully saturated rings. The minimum atomic E-state index is -3.24. The molecular formula is C34H28O2P2.